The maximum Gasteiger partial charge on any atom is 0.341 e. The zero-order chi connectivity index (χ0) is 24.5. The van der Waals surface area contributed by atoms with Gasteiger partial charge in [-0.3, -0.25) is 4.79 Å². The monoisotopic (exact) mass is 454 g/mol. The minimum atomic E-state index is -0.516. The van der Waals surface area contributed by atoms with Gasteiger partial charge in [0, 0.05) is 18.4 Å². The summed E-state index contributed by atoms with van der Waals surface area (Å²) < 4.78 is 17.0. The molecular weight excluding hydrogens is 416 g/mol. The van der Waals surface area contributed by atoms with E-state index in [0.29, 0.717) is 29.9 Å². The second-order valence-corrected chi connectivity index (χ2v) is 8.82. The Hall–Kier alpha value is -2.82. The highest BCUT2D eigenvalue weighted by Crippen LogP contribution is 2.49. The molecule has 0 N–H and O–H groups in total. The van der Waals surface area contributed by atoms with Crippen molar-refractivity contribution in [3.05, 3.63) is 59.2 Å². The normalized spacial score (nSPS) is 17.7. The SMILES string of the molecule is C=CCOc1cc(CCCCC)c(C(=O)OC)c(OC(C)=O)c1[C@@H]1C=C(C)CC[C@H]1C(=C)C. The van der Waals surface area contributed by atoms with Crippen LogP contribution in [0.15, 0.2) is 42.5 Å². The lowest BCUT2D eigenvalue weighted by Crippen LogP contribution is -2.22. The van der Waals surface area contributed by atoms with E-state index in [1.165, 1.54) is 19.6 Å². The minimum absolute atomic E-state index is 0.130. The van der Waals surface area contributed by atoms with E-state index in [2.05, 4.69) is 33.1 Å². The first kappa shape index (κ1) is 26.4. The molecule has 1 aromatic carbocycles. The number of unbranched alkanes of at least 4 members (excludes halogenated alkanes) is 2. The molecule has 0 unspecified atom stereocenters. The molecule has 0 saturated carbocycles. The molecule has 0 saturated heterocycles. The zero-order valence-corrected chi connectivity index (χ0v) is 20.8. The van der Waals surface area contributed by atoms with Gasteiger partial charge in [0.25, 0.3) is 0 Å². The summed E-state index contributed by atoms with van der Waals surface area (Å²) in [6.45, 7) is 15.9. The summed E-state index contributed by atoms with van der Waals surface area (Å²) >= 11 is 0. The zero-order valence-electron chi connectivity index (χ0n) is 20.8. The Morgan fingerprint density at radius 1 is 1.24 bits per heavy atom. The third-order valence-electron chi connectivity index (χ3n) is 6.12. The Kier molecular flexibility index (Phi) is 9.95. The Morgan fingerprint density at radius 2 is 1.97 bits per heavy atom. The molecule has 0 amide bonds. The average molecular weight is 455 g/mol. The molecule has 0 aromatic heterocycles. The van der Waals surface area contributed by atoms with Crippen molar-refractivity contribution in [2.45, 2.75) is 72.1 Å². The number of rotatable bonds is 11. The predicted octanol–water partition coefficient (Wildman–Crippen LogP) is 6.71. The van der Waals surface area contributed by atoms with Crippen LogP contribution in [-0.2, 0) is 16.0 Å². The summed E-state index contributed by atoms with van der Waals surface area (Å²) in [5.41, 5.74) is 4.05. The van der Waals surface area contributed by atoms with E-state index >= 15 is 0 Å². The van der Waals surface area contributed by atoms with Crippen LogP contribution < -0.4 is 9.47 Å². The third-order valence-corrected chi connectivity index (χ3v) is 6.12. The Morgan fingerprint density at radius 3 is 2.55 bits per heavy atom. The second-order valence-electron chi connectivity index (χ2n) is 8.82. The largest absolute Gasteiger partial charge is 0.489 e. The third kappa shape index (κ3) is 6.59. The average Bonchev–Trinajstić information content (AvgIpc) is 2.76. The molecular formula is C28H38O5. The van der Waals surface area contributed by atoms with Gasteiger partial charge >= 0.3 is 11.9 Å². The van der Waals surface area contributed by atoms with Crippen LogP contribution in [0.5, 0.6) is 11.5 Å². The van der Waals surface area contributed by atoms with Crippen LogP contribution in [0.25, 0.3) is 0 Å². The summed E-state index contributed by atoms with van der Waals surface area (Å²) in [4.78, 5) is 25.2. The molecule has 1 aromatic rings. The molecule has 1 aliphatic carbocycles. The minimum Gasteiger partial charge on any atom is -0.489 e. The Balaban J connectivity index is 2.89. The number of esters is 2. The summed E-state index contributed by atoms with van der Waals surface area (Å²) in [7, 11) is 1.35. The van der Waals surface area contributed by atoms with Gasteiger partial charge in [-0.05, 0) is 57.1 Å². The topological polar surface area (TPSA) is 61.8 Å². The molecule has 2 atom stereocenters. The molecule has 1 aliphatic rings. The number of carbonyl (C=O) groups is 2. The van der Waals surface area contributed by atoms with Crippen molar-refractivity contribution in [3.8, 4) is 11.5 Å². The van der Waals surface area contributed by atoms with Crippen LogP contribution in [0.3, 0.4) is 0 Å². The first-order valence-electron chi connectivity index (χ1n) is 11.8. The standard InChI is InChI=1S/C28H38O5/c1-8-10-11-12-21-17-24(32-15-9-2)26(23-16-19(5)13-14-22(23)18(3)4)27(33-20(6)29)25(21)28(30)31-7/h9,16-17,22-23H,2-3,8,10-15H2,1,4-7H3/t22-,23+/m0/s1. The maximum absolute atomic E-state index is 13.0. The van der Waals surface area contributed by atoms with Crippen molar-refractivity contribution in [1.29, 1.82) is 0 Å². The highest BCUT2D eigenvalue weighted by atomic mass is 16.5. The molecule has 5 nitrogen and oxygen atoms in total. The molecule has 180 valence electrons. The first-order valence-corrected chi connectivity index (χ1v) is 11.8. The number of carbonyl (C=O) groups excluding carboxylic acids is 2. The highest BCUT2D eigenvalue weighted by Gasteiger charge is 2.35. The number of allylic oxidation sites excluding steroid dienone is 3. The fourth-order valence-corrected chi connectivity index (χ4v) is 4.53. The molecule has 0 aliphatic heterocycles. The van der Waals surface area contributed by atoms with Crippen LogP contribution in [-0.4, -0.2) is 25.7 Å². The lowest BCUT2D eigenvalue weighted by molar-refractivity contribution is -0.131. The van der Waals surface area contributed by atoms with Gasteiger partial charge in [-0.2, -0.15) is 0 Å². The van der Waals surface area contributed by atoms with Gasteiger partial charge in [0.05, 0.1) is 7.11 Å². The van der Waals surface area contributed by atoms with Crippen LogP contribution >= 0.6 is 0 Å². The van der Waals surface area contributed by atoms with Crippen molar-refractivity contribution in [2.75, 3.05) is 13.7 Å². The van der Waals surface area contributed by atoms with E-state index in [0.717, 1.165) is 43.2 Å². The van der Waals surface area contributed by atoms with Gasteiger partial charge in [0.15, 0.2) is 5.75 Å². The predicted molar refractivity (Wildman–Crippen MR) is 132 cm³/mol. The molecule has 5 heteroatoms. The lowest BCUT2D eigenvalue weighted by atomic mass is 9.73. The van der Waals surface area contributed by atoms with Crippen molar-refractivity contribution < 1.29 is 23.8 Å². The van der Waals surface area contributed by atoms with E-state index in [9.17, 15) is 9.59 Å². The van der Waals surface area contributed by atoms with Crippen LogP contribution in [0, 0.1) is 5.92 Å². The Bertz CT molecular complexity index is 925. The van der Waals surface area contributed by atoms with Gasteiger partial charge in [0.2, 0.25) is 0 Å². The molecule has 0 fully saturated rings. The van der Waals surface area contributed by atoms with Crippen LogP contribution in [0.4, 0.5) is 0 Å². The summed E-state index contributed by atoms with van der Waals surface area (Å²) in [5.74, 6) is -0.177. The fourth-order valence-electron chi connectivity index (χ4n) is 4.53. The highest BCUT2D eigenvalue weighted by molar-refractivity contribution is 5.96. The molecule has 0 bridgehead atoms. The second kappa shape index (κ2) is 12.4. The number of methoxy groups -OCH3 is 1. The number of ether oxygens (including phenoxy) is 3. The number of benzene rings is 1. The van der Waals surface area contributed by atoms with Crippen LogP contribution in [0.1, 0.15) is 87.2 Å². The molecule has 33 heavy (non-hydrogen) atoms. The van der Waals surface area contributed by atoms with Gasteiger partial charge in [-0.1, -0.05) is 56.2 Å². The van der Waals surface area contributed by atoms with Crippen LogP contribution in [0.2, 0.25) is 0 Å². The number of hydrogen-bond acceptors (Lipinski definition) is 5. The number of hydrogen-bond donors (Lipinski definition) is 0. The van der Waals surface area contributed by atoms with Gasteiger partial charge in [0.1, 0.15) is 17.9 Å². The maximum atomic E-state index is 13.0. The van der Waals surface area contributed by atoms with Crippen molar-refractivity contribution >= 4 is 11.9 Å². The summed E-state index contributed by atoms with van der Waals surface area (Å²) in [6.07, 6.45) is 9.39. The first-order chi connectivity index (χ1) is 15.7. The molecule has 0 heterocycles. The Labute approximate surface area is 198 Å². The van der Waals surface area contributed by atoms with E-state index in [4.69, 9.17) is 14.2 Å². The van der Waals surface area contributed by atoms with Gasteiger partial charge < -0.3 is 14.2 Å². The van der Waals surface area contributed by atoms with E-state index < -0.39 is 11.9 Å². The fraction of sp³-hybridized carbons (Fsp3) is 0.500. The van der Waals surface area contributed by atoms with E-state index in [-0.39, 0.29) is 17.6 Å². The quantitative estimate of drug-likeness (QED) is 0.161. The van der Waals surface area contributed by atoms with E-state index in [1.807, 2.05) is 13.0 Å². The van der Waals surface area contributed by atoms with Gasteiger partial charge in [-0.25, -0.2) is 4.79 Å². The number of aryl methyl sites for hydroxylation is 1. The van der Waals surface area contributed by atoms with Crippen molar-refractivity contribution in [3.63, 3.8) is 0 Å². The summed E-state index contributed by atoms with van der Waals surface area (Å²) in [6, 6.07) is 1.92. The lowest BCUT2D eigenvalue weighted by Gasteiger charge is -2.33. The molecule has 2 rings (SSSR count). The smallest absolute Gasteiger partial charge is 0.341 e. The molecule has 0 radical (unpaired) electrons. The van der Waals surface area contributed by atoms with Crippen molar-refractivity contribution in [1.82, 2.24) is 0 Å². The summed E-state index contributed by atoms with van der Waals surface area (Å²) in [5, 5.41) is 0. The molecule has 0 spiro atoms. The van der Waals surface area contributed by atoms with Crippen molar-refractivity contribution in [2.24, 2.45) is 5.92 Å². The van der Waals surface area contributed by atoms with Gasteiger partial charge in [-0.15, -0.1) is 0 Å². The van der Waals surface area contributed by atoms with E-state index in [1.54, 1.807) is 6.08 Å².